The number of non-ortho nitro benzene ring substituents is 2. The zero-order chi connectivity index (χ0) is 18.3. The number of hydrogen-bond donors (Lipinski definition) is 0. The maximum Gasteiger partial charge on any atom is 0.338 e. The number of nitro groups is 2. The molecule has 0 heterocycles. The molecule has 5 atom stereocenters. The topological polar surface area (TPSA) is 113 Å². The van der Waals surface area contributed by atoms with Crippen molar-refractivity contribution in [2.24, 2.45) is 22.7 Å². The third kappa shape index (κ3) is 1.76. The lowest BCUT2D eigenvalue weighted by molar-refractivity contribution is -0.394. The second-order valence-corrected chi connectivity index (χ2v) is 7.94. The van der Waals surface area contributed by atoms with E-state index in [1.54, 1.807) is 0 Å². The molecule has 2 bridgehead atoms. The van der Waals surface area contributed by atoms with Crippen molar-refractivity contribution in [2.45, 2.75) is 31.8 Å². The largest absolute Gasteiger partial charge is 0.457 e. The van der Waals surface area contributed by atoms with E-state index in [9.17, 15) is 25.0 Å². The highest BCUT2D eigenvalue weighted by Gasteiger charge is 2.78. The number of benzene rings is 1. The molecule has 0 amide bonds. The lowest BCUT2D eigenvalue weighted by Gasteiger charge is -2.33. The summed E-state index contributed by atoms with van der Waals surface area (Å²) in [5, 5.41) is 22.1. The van der Waals surface area contributed by atoms with E-state index in [1.807, 2.05) is 0 Å². The molecule has 0 saturated heterocycles. The SMILES string of the molecule is O=C(O[C@@H]1[C@H]2C=C[C@@]13CC[C@@H]1C[C@]13C2)c1cc([N+](=O)[O-])cc([N+](=O)[O-])c1. The maximum atomic E-state index is 12.7. The van der Waals surface area contributed by atoms with Crippen molar-refractivity contribution in [1.29, 1.82) is 0 Å². The first-order valence-corrected chi connectivity index (χ1v) is 8.70. The van der Waals surface area contributed by atoms with Gasteiger partial charge in [0.15, 0.2) is 0 Å². The van der Waals surface area contributed by atoms with Crippen LogP contribution >= 0.6 is 0 Å². The van der Waals surface area contributed by atoms with E-state index in [2.05, 4.69) is 12.2 Å². The number of carbonyl (C=O) groups excluding carboxylic acids is 1. The Balaban J connectivity index is 1.45. The second-order valence-electron chi connectivity index (χ2n) is 7.94. The number of nitro benzene ring substituents is 2. The Morgan fingerprint density at radius 1 is 1.12 bits per heavy atom. The van der Waals surface area contributed by atoms with Crippen molar-refractivity contribution in [3.05, 3.63) is 56.1 Å². The first-order chi connectivity index (χ1) is 12.4. The van der Waals surface area contributed by atoms with Gasteiger partial charge in [-0.05, 0) is 37.0 Å². The third-order valence-corrected chi connectivity index (χ3v) is 7.00. The maximum absolute atomic E-state index is 12.7. The summed E-state index contributed by atoms with van der Waals surface area (Å²) in [5.41, 5.74) is -0.961. The minimum Gasteiger partial charge on any atom is -0.457 e. The van der Waals surface area contributed by atoms with E-state index in [1.165, 1.54) is 6.42 Å². The van der Waals surface area contributed by atoms with Crippen molar-refractivity contribution in [3.8, 4) is 0 Å². The standard InChI is InChI=1S/C18H16N2O6/c21-16(11-5-13(19(22)23)7-14(6-11)20(24)25)26-15-10-1-3-17(15)4-2-12-9-18(12,17)8-10/h1,3,5-7,10,12,15H,2,4,8-9H2/t10-,12+,15+,17+,18+/m0/s1. The van der Waals surface area contributed by atoms with E-state index < -0.39 is 27.2 Å². The summed E-state index contributed by atoms with van der Waals surface area (Å²) in [5.74, 6) is 0.173. The fourth-order valence-corrected chi connectivity index (χ4v) is 5.87. The van der Waals surface area contributed by atoms with Gasteiger partial charge in [-0.15, -0.1) is 0 Å². The smallest absolute Gasteiger partial charge is 0.338 e. The Labute approximate surface area is 148 Å². The molecule has 4 aliphatic rings. The van der Waals surface area contributed by atoms with Gasteiger partial charge in [0.25, 0.3) is 11.4 Å². The minimum absolute atomic E-state index is 0.107. The Morgan fingerprint density at radius 3 is 2.42 bits per heavy atom. The van der Waals surface area contributed by atoms with Crippen LogP contribution in [0.15, 0.2) is 30.4 Å². The molecule has 3 saturated carbocycles. The van der Waals surface area contributed by atoms with Gasteiger partial charge in [-0.2, -0.15) is 0 Å². The normalized spacial score (nSPS) is 37.9. The Morgan fingerprint density at radius 2 is 1.81 bits per heavy atom. The lowest BCUT2D eigenvalue weighted by atomic mass is 9.75. The molecule has 26 heavy (non-hydrogen) atoms. The van der Waals surface area contributed by atoms with Crippen molar-refractivity contribution in [3.63, 3.8) is 0 Å². The number of ether oxygens (including phenoxy) is 1. The molecule has 1 aromatic carbocycles. The van der Waals surface area contributed by atoms with E-state index in [0.717, 1.165) is 43.4 Å². The van der Waals surface area contributed by atoms with Gasteiger partial charge < -0.3 is 4.74 Å². The first kappa shape index (κ1) is 15.5. The summed E-state index contributed by atoms with van der Waals surface area (Å²) in [7, 11) is 0. The van der Waals surface area contributed by atoms with Gasteiger partial charge in [0, 0.05) is 23.5 Å². The zero-order valence-electron chi connectivity index (χ0n) is 13.8. The Bertz CT molecular complexity index is 879. The molecule has 0 aromatic heterocycles. The van der Waals surface area contributed by atoms with Gasteiger partial charge in [0.05, 0.1) is 21.5 Å². The highest BCUT2D eigenvalue weighted by molar-refractivity contribution is 5.91. The molecule has 134 valence electrons. The third-order valence-electron chi connectivity index (χ3n) is 7.00. The molecule has 0 radical (unpaired) electrons. The van der Waals surface area contributed by atoms with E-state index in [4.69, 9.17) is 4.74 Å². The Hall–Kier alpha value is -2.77. The Kier molecular flexibility index (Phi) is 2.79. The highest BCUT2D eigenvalue weighted by atomic mass is 16.6. The number of hydrogen-bond acceptors (Lipinski definition) is 6. The fraction of sp³-hybridized carbons (Fsp3) is 0.500. The molecule has 1 aromatic rings. The van der Waals surface area contributed by atoms with Crippen LogP contribution in [0.25, 0.3) is 0 Å². The van der Waals surface area contributed by atoms with Crippen molar-refractivity contribution in [2.75, 3.05) is 0 Å². The van der Waals surface area contributed by atoms with Gasteiger partial charge >= 0.3 is 5.97 Å². The van der Waals surface area contributed by atoms with Gasteiger partial charge in [0.2, 0.25) is 0 Å². The van der Waals surface area contributed by atoms with Crippen molar-refractivity contribution < 1.29 is 19.4 Å². The van der Waals surface area contributed by atoms with Crippen LogP contribution < -0.4 is 0 Å². The predicted octanol–water partition coefficient (Wildman–Crippen LogP) is 3.40. The fourth-order valence-electron chi connectivity index (χ4n) is 5.87. The molecule has 3 fully saturated rings. The van der Waals surface area contributed by atoms with Crippen LogP contribution in [0.4, 0.5) is 11.4 Å². The van der Waals surface area contributed by atoms with Gasteiger partial charge in [-0.25, -0.2) is 4.79 Å². The number of carbonyl (C=O) groups is 1. The molecular formula is C18H16N2O6. The number of esters is 1. The number of nitrogens with zero attached hydrogens (tertiary/aromatic N) is 2. The molecular weight excluding hydrogens is 340 g/mol. The first-order valence-electron chi connectivity index (χ1n) is 8.70. The van der Waals surface area contributed by atoms with E-state index in [-0.39, 0.29) is 28.4 Å². The molecule has 0 aliphatic heterocycles. The van der Waals surface area contributed by atoms with E-state index in [0.29, 0.717) is 0 Å². The lowest BCUT2D eigenvalue weighted by Crippen LogP contribution is -2.35. The summed E-state index contributed by atoms with van der Waals surface area (Å²) >= 11 is 0. The van der Waals surface area contributed by atoms with Crippen LogP contribution in [0.2, 0.25) is 0 Å². The van der Waals surface area contributed by atoms with Crippen LogP contribution in [0.3, 0.4) is 0 Å². The zero-order valence-corrected chi connectivity index (χ0v) is 13.8. The summed E-state index contributed by atoms with van der Waals surface area (Å²) in [6, 6.07) is 2.93. The van der Waals surface area contributed by atoms with Crippen molar-refractivity contribution >= 4 is 17.3 Å². The molecule has 0 N–H and O–H groups in total. The molecule has 8 heteroatoms. The van der Waals surface area contributed by atoms with Crippen LogP contribution in [-0.4, -0.2) is 21.9 Å². The van der Waals surface area contributed by atoms with Crippen molar-refractivity contribution in [1.82, 2.24) is 0 Å². The van der Waals surface area contributed by atoms with Crippen LogP contribution in [0.1, 0.15) is 36.0 Å². The van der Waals surface area contributed by atoms with Crippen LogP contribution in [0.5, 0.6) is 0 Å². The van der Waals surface area contributed by atoms with Crippen LogP contribution in [-0.2, 0) is 4.74 Å². The molecule has 0 unspecified atom stereocenters. The van der Waals surface area contributed by atoms with E-state index >= 15 is 0 Å². The second kappa shape index (κ2) is 4.69. The van der Waals surface area contributed by atoms with Crippen LogP contribution in [0, 0.1) is 42.9 Å². The molecule has 5 rings (SSSR count). The van der Waals surface area contributed by atoms with Gasteiger partial charge in [0.1, 0.15) is 6.10 Å². The average molecular weight is 356 g/mol. The molecule has 8 nitrogen and oxygen atoms in total. The summed E-state index contributed by atoms with van der Waals surface area (Å²) in [6.45, 7) is 0. The quantitative estimate of drug-likeness (QED) is 0.354. The number of fused-ring (bicyclic) bond motifs is 1. The summed E-state index contributed by atoms with van der Waals surface area (Å²) in [4.78, 5) is 33.2. The highest BCUT2D eigenvalue weighted by Crippen LogP contribution is 2.82. The average Bonchev–Trinajstić information content (AvgIpc) is 2.94. The summed E-state index contributed by atoms with van der Waals surface area (Å²) in [6.07, 6.45) is 8.43. The monoisotopic (exact) mass is 356 g/mol. The minimum atomic E-state index is -0.746. The van der Waals surface area contributed by atoms with Gasteiger partial charge in [-0.1, -0.05) is 12.2 Å². The summed E-state index contributed by atoms with van der Waals surface area (Å²) < 4.78 is 5.80. The number of rotatable bonds is 4. The molecule has 4 aliphatic carbocycles. The predicted molar refractivity (Wildman–Crippen MR) is 88.4 cm³/mol. The molecule has 2 spiro atoms. The van der Waals surface area contributed by atoms with Gasteiger partial charge in [-0.3, -0.25) is 20.2 Å².